The van der Waals surface area contributed by atoms with Crippen LogP contribution in [0.25, 0.3) is 11.4 Å². The van der Waals surface area contributed by atoms with Crippen molar-refractivity contribution in [2.45, 2.75) is 38.5 Å². The van der Waals surface area contributed by atoms with Crippen molar-refractivity contribution in [1.82, 2.24) is 19.6 Å². The Balaban J connectivity index is 1.64. The monoisotopic (exact) mass is 331 g/mol. The zero-order valence-corrected chi connectivity index (χ0v) is 14.4. The second-order valence-corrected chi connectivity index (χ2v) is 6.61. The second-order valence-electron chi connectivity index (χ2n) is 6.61. The Hall–Kier alpha value is -1.86. The fourth-order valence-electron chi connectivity index (χ4n) is 3.58. The molecule has 24 heavy (non-hydrogen) atoms. The average molecular weight is 331 g/mol. The summed E-state index contributed by atoms with van der Waals surface area (Å²) >= 11 is 0. The Morgan fingerprint density at radius 2 is 2.17 bits per heavy atom. The molecule has 0 aliphatic carbocycles. The number of hydrogen-bond acceptors (Lipinski definition) is 5. The van der Waals surface area contributed by atoms with Crippen molar-refractivity contribution in [2.75, 3.05) is 31.3 Å². The number of aryl methyl sites for hydroxylation is 1. The van der Waals surface area contributed by atoms with E-state index in [0.717, 1.165) is 56.4 Å². The highest BCUT2D eigenvalue weighted by atomic mass is 16.5. The van der Waals surface area contributed by atoms with E-state index in [1.807, 2.05) is 28.7 Å². The third-order valence-corrected chi connectivity index (χ3v) is 4.88. The third-order valence-electron chi connectivity index (χ3n) is 4.88. The molecule has 2 atom stereocenters. The number of ether oxygens (including phenoxy) is 2. The van der Waals surface area contributed by atoms with E-state index in [0.29, 0.717) is 6.04 Å². The van der Waals surface area contributed by atoms with Crippen LogP contribution in [0.15, 0.2) is 18.3 Å². The van der Waals surface area contributed by atoms with Gasteiger partial charge in [0.05, 0.1) is 24.9 Å². The number of rotatable bonds is 3. The van der Waals surface area contributed by atoms with Gasteiger partial charge in [-0.25, -0.2) is 4.68 Å². The molecule has 0 radical (unpaired) electrons. The van der Waals surface area contributed by atoms with Gasteiger partial charge in [-0.1, -0.05) is 0 Å². The maximum Gasteiger partial charge on any atom is 0.150 e. The van der Waals surface area contributed by atoms with Gasteiger partial charge in [0, 0.05) is 32.5 Å². The van der Waals surface area contributed by atoms with Crippen molar-refractivity contribution in [2.24, 2.45) is 7.05 Å². The van der Waals surface area contributed by atoms with Crippen LogP contribution in [0.5, 0.6) is 0 Å². The molecule has 2 aromatic heterocycles. The van der Waals surface area contributed by atoms with Gasteiger partial charge in [0.2, 0.25) is 0 Å². The van der Waals surface area contributed by atoms with Gasteiger partial charge in [0.1, 0.15) is 11.5 Å². The van der Waals surface area contributed by atoms with Gasteiger partial charge in [0.25, 0.3) is 0 Å². The van der Waals surface area contributed by atoms with E-state index in [2.05, 4.69) is 23.0 Å². The second kappa shape index (κ2) is 6.57. The van der Waals surface area contributed by atoms with E-state index in [1.165, 1.54) is 6.42 Å². The van der Waals surface area contributed by atoms with Crippen LogP contribution in [0.4, 0.5) is 5.82 Å². The van der Waals surface area contributed by atoms with E-state index in [1.54, 1.807) is 0 Å². The molecule has 0 bridgehead atoms. The summed E-state index contributed by atoms with van der Waals surface area (Å²) in [6, 6.07) is 4.53. The number of hydrogen-bond donors (Lipinski definition) is 0. The molecule has 2 fully saturated rings. The van der Waals surface area contributed by atoms with Gasteiger partial charge in [-0.05, 0) is 32.3 Å². The van der Waals surface area contributed by atoms with Gasteiger partial charge in [-0.3, -0.25) is 4.68 Å². The summed E-state index contributed by atoms with van der Waals surface area (Å²) in [4.78, 5) is 2.36. The SMILES string of the molecule is CC1COCCN1c1cc(-c2ccnn2C2CCCCO2)nn1C. The molecule has 0 spiro atoms. The number of nitrogens with zero attached hydrogens (tertiary/aromatic N) is 5. The predicted octanol–water partition coefficient (Wildman–Crippen LogP) is 2.21. The molecule has 2 saturated heterocycles. The lowest BCUT2D eigenvalue weighted by molar-refractivity contribution is -0.0384. The minimum atomic E-state index is 0.0246. The van der Waals surface area contributed by atoms with Gasteiger partial charge in [-0.2, -0.15) is 10.2 Å². The molecule has 4 heterocycles. The molecular formula is C17H25N5O2. The molecule has 7 nitrogen and oxygen atoms in total. The number of aromatic nitrogens is 4. The van der Waals surface area contributed by atoms with Crippen LogP contribution >= 0.6 is 0 Å². The van der Waals surface area contributed by atoms with Crippen molar-refractivity contribution < 1.29 is 9.47 Å². The van der Waals surface area contributed by atoms with Crippen LogP contribution in [0, 0.1) is 0 Å². The lowest BCUT2D eigenvalue weighted by atomic mass is 10.2. The summed E-state index contributed by atoms with van der Waals surface area (Å²) in [6.45, 7) is 5.41. The molecule has 0 saturated carbocycles. The lowest BCUT2D eigenvalue weighted by Crippen LogP contribution is -2.44. The summed E-state index contributed by atoms with van der Waals surface area (Å²) in [7, 11) is 2.00. The van der Waals surface area contributed by atoms with Crippen molar-refractivity contribution in [3.63, 3.8) is 0 Å². The summed E-state index contributed by atoms with van der Waals surface area (Å²) < 4.78 is 15.4. The van der Waals surface area contributed by atoms with E-state index in [-0.39, 0.29) is 6.23 Å². The first-order chi connectivity index (χ1) is 11.7. The smallest absolute Gasteiger partial charge is 0.150 e. The van der Waals surface area contributed by atoms with Crippen molar-refractivity contribution in [3.05, 3.63) is 18.3 Å². The first-order valence-corrected chi connectivity index (χ1v) is 8.78. The van der Waals surface area contributed by atoms with E-state index < -0.39 is 0 Å². The highest BCUT2D eigenvalue weighted by molar-refractivity contribution is 5.60. The van der Waals surface area contributed by atoms with Crippen LogP contribution in [0.1, 0.15) is 32.4 Å². The van der Waals surface area contributed by atoms with Gasteiger partial charge < -0.3 is 14.4 Å². The molecule has 2 unspecified atom stereocenters. The summed E-state index contributed by atoms with van der Waals surface area (Å²) in [5.41, 5.74) is 1.96. The van der Waals surface area contributed by atoms with Gasteiger partial charge in [-0.15, -0.1) is 0 Å². The quantitative estimate of drug-likeness (QED) is 0.863. The molecule has 2 aliphatic rings. The van der Waals surface area contributed by atoms with E-state index >= 15 is 0 Å². The Morgan fingerprint density at radius 3 is 2.96 bits per heavy atom. The van der Waals surface area contributed by atoms with Crippen LogP contribution in [0.2, 0.25) is 0 Å². The minimum Gasteiger partial charge on any atom is -0.377 e. The largest absolute Gasteiger partial charge is 0.377 e. The molecule has 0 amide bonds. The fourth-order valence-corrected chi connectivity index (χ4v) is 3.58. The predicted molar refractivity (Wildman–Crippen MR) is 90.9 cm³/mol. The Labute approximate surface area is 142 Å². The first-order valence-electron chi connectivity index (χ1n) is 8.78. The minimum absolute atomic E-state index is 0.0246. The molecule has 130 valence electrons. The lowest BCUT2D eigenvalue weighted by Gasteiger charge is -2.34. The molecule has 4 rings (SSSR count). The Kier molecular flexibility index (Phi) is 4.28. The zero-order chi connectivity index (χ0) is 16.5. The molecule has 0 aromatic carbocycles. The summed E-state index contributed by atoms with van der Waals surface area (Å²) in [5, 5.41) is 9.23. The van der Waals surface area contributed by atoms with Gasteiger partial charge >= 0.3 is 0 Å². The van der Waals surface area contributed by atoms with Crippen LogP contribution in [-0.2, 0) is 16.5 Å². The molecule has 7 heteroatoms. The normalized spacial score (nSPS) is 25.2. The summed E-state index contributed by atoms with van der Waals surface area (Å²) in [6.07, 6.45) is 5.18. The topological polar surface area (TPSA) is 57.3 Å². The molecule has 2 aliphatic heterocycles. The maximum atomic E-state index is 5.89. The maximum absolute atomic E-state index is 5.89. The average Bonchev–Trinajstić information content (AvgIpc) is 3.23. The fraction of sp³-hybridized carbons (Fsp3) is 0.647. The number of morpholine rings is 1. The van der Waals surface area contributed by atoms with E-state index in [4.69, 9.17) is 14.6 Å². The summed E-state index contributed by atoms with van der Waals surface area (Å²) in [5.74, 6) is 1.12. The van der Waals surface area contributed by atoms with Crippen LogP contribution < -0.4 is 4.90 Å². The van der Waals surface area contributed by atoms with Crippen molar-refractivity contribution in [1.29, 1.82) is 0 Å². The standard InChI is InChI=1S/C17H25N5O2/c1-13-12-23-10-8-21(13)16-11-14(19-20(16)2)15-6-7-18-22(15)17-5-3-4-9-24-17/h6-7,11,13,17H,3-5,8-10,12H2,1-2H3. The van der Waals surface area contributed by atoms with E-state index in [9.17, 15) is 0 Å². The Bertz CT molecular complexity index is 689. The third kappa shape index (κ3) is 2.82. The van der Waals surface area contributed by atoms with Crippen molar-refractivity contribution >= 4 is 5.82 Å². The highest BCUT2D eigenvalue weighted by Crippen LogP contribution is 2.30. The zero-order valence-electron chi connectivity index (χ0n) is 14.4. The van der Waals surface area contributed by atoms with Crippen molar-refractivity contribution in [3.8, 4) is 11.4 Å². The molecule has 0 N–H and O–H groups in total. The van der Waals surface area contributed by atoms with Crippen LogP contribution in [0.3, 0.4) is 0 Å². The van der Waals surface area contributed by atoms with Crippen LogP contribution in [-0.4, -0.2) is 52.0 Å². The molecule has 2 aromatic rings. The highest BCUT2D eigenvalue weighted by Gasteiger charge is 2.25. The van der Waals surface area contributed by atoms with Gasteiger partial charge in [0.15, 0.2) is 6.23 Å². The Morgan fingerprint density at radius 1 is 1.25 bits per heavy atom. The first kappa shape index (κ1) is 15.7. The molecular weight excluding hydrogens is 306 g/mol. The number of anilines is 1.